The third-order valence-electron chi connectivity index (χ3n) is 2.91. The first-order valence-electron chi connectivity index (χ1n) is 6.48. The second-order valence-electron chi connectivity index (χ2n) is 5.82. The van der Waals surface area contributed by atoms with Crippen molar-refractivity contribution in [3.63, 3.8) is 0 Å². The van der Waals surface area contributed by atoms with Gasteiger partial charge >= 0.3 is 6.36 Å². The summed E-state index contributed by atoms with van der Waals surface area (Å²) in [7, 11) is 0. The summed E-state index contributed by atoms with van der Waals surface area (Å²) in [5.74, 6) is -0.244. The highest BCUT2D eigenvalue weighted by atomic mass is 19.4. The Labute approximate surface area is 120 Å². The zero-order chi connectivity index (χ0) is 15.8. The zero-order valence-corrected chi connectivity index (χ0v) is 12.1. The monoisotopic (exact) mass is 298 g/mol. The predicted molar refractivity (Wildman–Crippen MR) is 75.1 cm³/mol. The molecule has 3 nitrogen and oxygen atoms in total. The van der Waals surface area contributed by atoms with E-state index in [9.17, 15) is 13.2 Å². The van der Waals surface area contributed by atoms with E-state index >= 15 is 0 Å². The molecule has 0 radical (unpaired) electrons. The third-order valence-corrected chi connectivity index (χ3v) is 2.91. The first-order chi connectivity index (χ1) is 9.53. The molecular formula is C15H17F3N2O. The second-order valence-corrected chi connectivity index (χ2v) is 5.82. The number of ether oxygens (including phenoxy) is 1. The molecule has 0 saturated heterocycles. The Morgan fingerprint density at radius 1 is 1.19 bits per heavy atom. The summed E-state index contributed by atoms with van der Waals surface area (Å²) in [6.45, 7) is 5.62. The minimum absolute atomic E-state index is 0.244. The Morgan fingerprint density at radius 2 is 1.86 bits per heavy atom. The van der Waals surface area contributed by atoms with Crippen LogP contribution in [0.4, 0.5) is 13.2 Å². The topological polar surface area (TPSA) is 48.1 Å². The van der Waals surface area contributed by atoms with Gasteiger partial charge in [-0.25, -0.2) is 0 Å². The lowest BCUT2D eigenvalue weighted by atomic mass is 9.98. The van der Waals surface area contributed by atoms with Crippen LogP contribution in [0.25, 0.3) is 10.9 Å². The summed E-state index contributed by atoms with van der Waals surface area (Å²) in [6, 6.07) is 5.98. The molecule has 0 atom stereocenters. The standard InChI is InChI=1S/C15H17F3N2O/c1-9-6-10(8-14(2,3)19)20-13-5-4-11(7-12(9)13)21-15(16,17)18/h4-7H,8,19H2,1-3H3. The maximum absolute atomic E-state index is 12.2. The quantitative estimate of drug-likeness (QED) is 0.939. The first-order valence-corrected chi connectivity index (χ1v) is 6.48. The Hall–Kier alpha value is -1.82. The van der Waals surface area contributed by atoms with Crippen LogP contribution in [0, 0.1) is 6.92 Å². The lowest BCUT2D eigenvalue weighted by Gasteiger charge is -2.18. The number of benzene rings is 1. The summed E-state index contributed by atoms with van der Waals surface area (Å²) in [6.07, 6.45) is -4.11. The lowest BCUT2D eigenvalue weighted by molar-refractivity contribution is -0.274. The SMILES string of the molecule is Cc1cc(CC(C)(C)N)nc2ccc(OC(F)(F)F)cc12. The molecule has 1 aromatic carbocycles. The van der Waals surface area contributed by atoms with Crippen LogP contribution >= 0.6 is 0 Å². The average molecular weight is 298 g/mol. The molecule has 0 saturated carbocycles. The fourth-order valence-electron chi connectivity index (χ4n) is 2.20. The molecule has 1 aromatic heterocycles. The Kier molecular flexibility index (Phi) is 3.84. The van der Waals surface area contributed by atoms with Crippen LogP contribution in [0.1, 0.15) is 25.1 Å². The molecule has 0 bridgehead atoms. The molecule has 114 valence electrons. The number of halogens is 3. The molecule has 2 N–H and O–H groups in total. The first kappa shape index (κ1) is 15.6. The third kappa shape index (κ3) is 4.32. The molecule has 0 aliphatic heterocycles. The normalized spacial score (nSPS) is 12.7. The van der Waals surface area contributed by atoms with E-state index in [1.165, 1.54) is 18.2 Å². The molecule has 0 fully saturated rings. The van der Waals surface area contributed by atoms with Crippen molar-refractivity contribution < 1.29 is 17.9 Å². The predicted octanol–water partition coefficient (Wildman–Crippen LogP) is 3.72. The highest BCUT2D eigenvalue weighted by Gasteiger charge is 2.31. The molecule has 0 aliphatic rings. The number of fused-ring (bicyclic) bond motifs is 1. The molecule has 6 heteroatoms. The van der Waals surface area contributed by atoms with Gasteiger partial charge in [0.05, 0.1) is 5.52 Å². The van der Waals surface area contributed by atoms with Crippen LogP contribution < -0.4 is 10.5 Å². The number of alkyl halides is 3. The van der Waals surface area contributed by atoms with Crippen LogP contribution in [-0.4, -0.2) is 16.9 Å². The Balaban J connectivity index is 2.41. The van der Waals surface area contributed by atoms with Crippen molar-refractivity contribution in [1.82, 2.24) is 4.98 Å². The van der Waals surface area contributed by atoms with E-state index in [2.05, 4.69) is 9.72 Å². The molecule has 1 heterocycles. The van der Waals surface area contributed by atoms with Gasteiger partial charge in [0.25, 0.3) is 0 Å². The van der Waals surface area contributed by atoms with Crippen molar-refractivity contribution in [1.29, 1.82) is 0 Å². The summed E-state index contributed by atoms with van der Waals surface area (Å²) in [5.41, 5.74) is 7.86. The van der Waals surface area contributed by atoms with E-state index in [1.54, 1.807) is 0 Å². The van der Waals surface area contributed by atoms with Gasteiger partial charge in [0.2, 0.25) is 0 Å². The van der Waals surface area contributed by atoms with Gasteiger partial charge in [0.15, 0.2) is 0 Å². The molecule has 2 aromatic rings. The number of aryl methyl sites for hydroxylation is 1. The van der Waals surface area contributed by atoms with E-state index in [4.69, 9.17) is 5.73 Å². The number of nitrogens with zero attached hydrogens (tertiary/aromatic N) is 1. The van der Waals surface area contributed by atoms with Gasteiger partial charge in [-0.3, -0.25) is 4.98 Å². The highest BCUT2D eigenvalue weighted by molar-refractivity contribution is 5.83. The van der Waals surface area contributed by atoms with Gasteiger partial charge in [-0.2, -0.15) is 0 Å². The number of nitrogens with two attached hydrogens (primary N) is 1. The number of pyridine rings is 1. The van der Waals surface area contributed by atoms with Crippen LogP contribution in [0.5, 0.6) is 5.75 Å². The average Bonchev–Trinajstić information content (AvgIpc) is 2.25. The van der Waals surface area contributed by atoms with Crippen LogP contribution in [0.2, 0.25) is 0 Å². The highest BCUT2D eigenvalue weighted by Crippen LogP contribution is 2.28. The van der Waals surface area contributed by atoms with Crippen molar-refractivity contribution in [3.8, 4) is 5.75 Å². The van der Waals surface area contributed by atoms with Crippen molar-refractivity contribution >= 4 is 10.9 Å². The summed E-state index contributed by atoms with van der Waals surface area (Å²) >= 11 is 0. The smallest absolute Gasteiger partial charge is 0.406 e. The molecule has 0 amide bonds. The van der Waals surface area contributed by atoms with Gasteiger partial charge in [0, 0.05) is 23.0 Å². The van der Waals surface area contributed by atoms with Crippen LogP contribution in [0.15, 0.2) is 24.3 Å². The number of rotatable bonds is 3. The van der Waals surface area contributed by atoms with Gasteiger partial charge in [0.1, 0.15) is 5.75 Å². The molecule has 0 aliphatic carbocycles. The Morgan fingerprint density at radius 3 is 2.43 bits per heavy atom. The summed E-state index contributed by atoms with van der Waals surface area (Å²) in [5, 5.41) is 0.635. The van der Waals surface area contributed by atoms with E-state index in [0.717, 1.165) is 11.3 Å². The summed E-state index contributed by atoms with van der Waals surface area (Å²) in [4.78, 5) is 4.44. The van der Waals surface area contributed by atoms with Crippen LogP contribution in [0.3, 0.4) is 0 Å². The van der Waals surface area contributed by atoms with E-state index < -0.39 is 11.9 Å². The molecular weight excluding hydrogens is 281 g/mol. The van der Waals surface area contributed by atoms with E-state index in [-0.39, 0.29) is 5.75 Å². The van der Waals surface area contributed by atoms with Gasteiger partial charge in [-0.05, 0) is 50.6 Å². The van der Waals surface area contributed by atoms with Crippen molar-refractivity contribution in [3.05, 3.63) is 35.5 Å². The van der Waals surface area contributed by atoms with Gasteiger partial charge < -0.3 is 10.5 Å². The van der Waals surface area contributed by atoms with Crippen molar-refractivity contribution in [2.45, 2.75) is 39.1 Å². The van der Waals surface area contributed by atoms with E-state index in [0.29, 0.717) is 17.3 Å². The van der Waals surface area contributed by atoms with Crippen LogP contribution in [-0.2, 0) is 6.42 Å². The fourth-order valence-corrected chi connectivity index (χ4v) is 2.20. The minimum atomic E-state index is -4.70. The zero-order valence-electron chi connectivity index (χ0n) is 12.1. The van der Waals surface area contributed by atoms with Crippen molar-refractivity contribution in [2.75, 3.05) is 0 Å². The summed E-state index contributed by atoms with van der Waals surface area (Å²) < 4.78 is 40.6. The lowest BCUT2D eigenvalue weighted by Crippen LogP contribution is -2.34. The molecule has 21 heavy (non-hydrogen) atoms. The largest absolute Gasteiger partial charge is 0.573 e. The number of hydrogen-bond donors (Lipinski definition) is 1. The maximum Gasteiger partial charge on any atom is 0.573 e. The number of hydrogen-bond acceptors (Lipinski definition) is 3. The van der Waals surface area contributed by atoms with Gasteiger partial charge in [-0.15, -0.1) is 13.2 Å². The minimum Gasteiger partial charge on any atom is -0.406 e. The van der Waals surface area contributed by atoms with Crippen molar-refractivity contribution in [2.24, 2.45) is 5.73 Å². The second kappa shape index (κ2) is 5.18. The van der Waals surface area contributed by atoms with E-state index in [1.807, 2.05) is 26.8 Å². The molecule has 2 rings (SSSR count). The fraction of sp³-hybridized carbons (Fsp3) is 0.400. The molecule has 0 spiro atoms. The maximum atomic E-state index is 12.2. The van der Waals surface area contributed by atoms with Gasteiger partial charge in [-0.1, -0.05) is 0 Å². The Bertz CT molecular complexity index is 660. The molecule has 0 unspecified atom stereocenters. The number of aromatic nitrogens is 1.